The summed E-state index contributed by atoms with van der Waals surface area (Å²) in [6.07, 6.45) is 3.06. The van der Waals surface area contributed by atoms with Gasteiger partial charge in [-0.25, -0.2) is 0 Å². The summed E-state index contributed by atoms with van der Waals surface area (Å²) >= 11 is 5.82. The first kappa shape index (κ1) is 21.0. The molecule has 0 aliphatic heterocycles. The quantitative estimate of drug-likeness (QED) is 0.278. The van der Waals surface area contributed by atoms with Gasteiger partial charge in [-0.1, -0.05) is 11.6 Å². The summed E-state index contributed by atoms with van der Waals surface area (Å²) in [4.78, 5) is 28.0. The molecule has 148 valence electrons. The summed E-state index contributed by atoms with van der Waals surface area (Å²) in [5.41, 5.74) is 0.733. The summed E-state index contributed by atoms with van der Waals surface area (Å²) in [5, 5.41) is 12.7. The Balaban J connectivity index is 1.62. The lowest BCUT2D eigenvalue weighted by Crippen LogP contribution is -2.41. The maximum absolute atomic E-state index is 11.9. The Kier molecular flexibility index (Phi) is 8.91. The van der Waals surface area contributed by atoms with E-state index >= 15 is 0 Å². The molecular weight excluding hydrogens is 366 g/mol. The highest BCUT2D eigenvalue weighted by Gasteiger charge is 2.28. The van der Waals surface area contributed by atoms with E-state index in [9.17, 15) is 9.59 Å². The van der Waals surface area contributed by atoms with Crippen LogP contribution in [0.3, 0.4) is 0 Å². The van der Waals surface area contributed by atoms with Crippen LogP contribution in [0.2, 0.25) is 5.02 Å². The number of rotatable bonds is 10. The van der Waals surface area contributed by atoms with E-state index in [-0.39, 0.29) is 17.7 Å². The lowest BCUT2D eigenvalue weighted by Gasteiger charge is -2.11. The molecule has 2 amide bonds. The van der Waals surface area contributed by atoms with Gasteiger partial charge in [0.05, 0.1) is 0 Å². The van der Waals surface area contributed by atoms with Crippen LogP contribution < -0.4 is 21.3 Å². The number of nitrogens with zero attached hydrogens (tertiary/aromatic N) is 1. The number of aliphatic imine (C=N–C) groups is 1. The van der Waals surface area contributed by atoms with Gasteiger partial charge in [0.25, 0.3) is 0 Å². The van der Waals surface area contributed by atoms with Crippen LogP contribution in [0.4, 0.5) is 5.69 Å². The second-order valence-electron chi connectivity index (χ2n) is 6.41. The zero-order chi connectivity index (χ0) is 19.5. The van der Waals surface area contributed by atoms with Gasteiger partial charge in [-0.2, -0.15) is 0 Å². The minimum Gasteiger partial charge on any atom is -0.357 e. The molecule has 1 saturated carbocycles. The van der Waals surface area contributed by atoms with Crippen LogP contribution in [0.15, 0.2) is 29.3 Å². The van der Waals surface area contributed by atoms with Gasteiger partial charge in [0.15, 0.2) is 5.96 Å². The lowest BCUT2D eigenvalue weighted by atomic mass is 10.2. The Labute approximate surface area is 165 Å². The molecule has 0 spiro atoms. The van der Waals surface area contributed by atoms with Gasteiger partial charge in [0, 0.05) is 49.2 Å². The first-order chi connectivity index (χ1) is 13.1. The summed E-state index contributed by atoms with van der Waals surface area (Å²) in [6, 6.07) is 7.02. The van der Waals surface area contributed by atoms with Crippen molar-refractivity contribution in [1.82, 2.24) is 16.0 Å². The first-order valence-electron chi connectivity index (χ1n) is 9.43. The van der Waals surface area contributed by atoms with Gasteiger partial charge in [-0.3, -0.25) is 14.6 Å². The largest absolute Gasteiger partial charge is 0.357 e. The van der Waals surface area contributed by atoms with Gasteiger partial charge >= 0.3 is 0 Å². The molecule has 7 nitrogen and oxygen atoms in total. The molecule has 0 heterocycles. The molecule has 8 heteroatoms. The Morgan fingerprint density at radius 2 is 1.81 bits per heavy atom. The summed E-state index contributed by atoms with van der Waals surface area (Å²) in [7, 11) is 0. The topological polar surface area (TPSA) is 94.6 Å². The predicted molar refractivity (Wildman–Crippen MR) is 109 cm³/mol. The maximum Gasteiger partial charge on any atom is 0.224 e. The Morgan fingerprint density at radius 1 is 1.11 bits per heavy atom. The molecule has 27 heavy (non-hydrogen) atoms. The third-order valence-corrected chi connectivity index (χ3v) is 4.22. The highest BCUT2D eigenvalue weighted by molar-refractivity contribution is 6.30. The number of hydrogen-bond acceptors (Lipinski definition) is 3. The number of carbonyl (C=O) groups is 2. The van der Waals surface area contributed by atoms with Gasteiger partial charge in [-0.05, 0) is 50.5 Å². The maximum atomic E-state index is 11.9. The number of anilines is 1. The van der Waals surface area contributed by atoms with Crippen molar-refractivity contribution in [3.05, 3.63) is 29.3 Å². The van der Waals surface area contributed by atoms with Crippen LogP contribution in [-0.2, 0) is 9.59 Å². The first-order valence-corrected chi connectivity index (χ1v) is 9.81. The molecule has 0 bridgehead atoms. The Morgan fingerprint density at radius 3 is 2.48 bits per heavy atom. The zero-order valence-electron chi connectivity index (χ0n) is 15.7. The van der Waals surface area contributed by atoms with E-state index in [0.29, 0.717) is 43.5 Å². The summed E-state index contributed by atoms with van der Waals surface area (Å²) < 4.78 is 0. The Hall–Kier alpha value is -2.28. The van der Waals surface area contributed by atoms with Crippen LogP contribution in [0.1, 0.15) is 32.6 Å². The van der Waals surface area contributed by atoms with Crippen molar-refractivity contribution in [3.63, 3.8) is 0 Å². The third kappa shape index (κ3) is 8.77. The fourth-order valence-electron chi connectivity index (χ4n) is 2.39. The van der Waals surface area contributed by atoms with Crippen molar-refractivity contribution >= 4 is 35.1 Å². The van der Waals surface area contributed by atoms with Crippen LogP contribution in [0.5, 0.6) is 0 Å². The fourth-order valence-corrected chi connectivity index (χ4v) is 2.51. The van der Waals surface area contributed by atoms with E-state index in [4.69, 9.17) is 11.6 Å². The highest BCUT2D eigenvalue weighted by Crippen LogP contribution is 2.28. The summed E-state index contributed by atoms with van der Waals surface area (Å²) in [5.74, 6) is 1.01. The molecular formula is C19H28ClN5O2. The number of carbonyl (C=O) groups excluding carboxylic acids is 2. The zero-order valence-corrected chi connectivity index (χ0v) is 16.4. The molecule has 1 aromatic rings. The van der Waals surface area contributed by atoms with E-state index in [2.05, 4.69) is 26.3 Å². The number of halogens is 1. The van der Waals surface area contributed by atoms with Crippen molar-refractivity contribution < 1.29 is 9.59 Å². The highest BCUT2D eigenvalue weighted by atomic mass is 35.5. The van der Waals surface area contributed by atoms with E-state index in [1.807, 2.05) is 6.92 Å². The van der Waals surface area contributed by atoms with Crippen LogP contribution in [0, 0.1) is 5.92 Å². The van der Waals surface area contributed by atoms with Gasteiger partial charge in [0.1, 0.15) is 0 Å². The molecule has 1 aliphatic carbocycles. The average Bonchev–Trinajstić information content (AvgIpc) is 3.49. The molecule has 4 N–H and O–H groups in total. The number of benzene rings is 1. The minimum absolute atomic E-state index is 0.0479. The number of guanidine groups is 1. The molecule has 2 rings (SSSR count). The van der Waals surface area contributed by atoms with Crippen molar-refractivity contribution in [2.24, 2.45) is 10.9 Å². The lowest BCUT2D eigenvalue weighted by molar-refractivity contribution is -0.122. The SMILES string of the molecule is CCNC(=NCCCC(=O)Nc1ccc(Cl)cc1)NCCNC(=O)C1CC1. The van der Waals surface area contributed by atoms with Gasteiger partial charge < -0.3 is 21.3 Å². The molecule has 0 unspecified atom stereocenters. The van der Waals surface area contributed by atoms with E-state index in [1.165, 1.54) is 0 Å². The molecule has 1 aliphatic rings. The van der Waals surface area contributed by atoms with Gasteiger partial charge in [-0.15, -0.1) is 0 Å². The molecule has 0 aromatic heterocycles. The number of amides is 2. The standard InChI is InChI=1S/C19H28ClN5O2/c1-2-21-19(24-13-12-22-18(27)14-5-6-14)23-11-3-4-17(26)25-16-9-7-15(20)8-10-16/h7-10,14H,2-6,11-13H2,1H3,(H,22,27)(H,25,26)(H2,21,23,24). The smallest absolute Gasteiger partial charge is 0.224 e. The van der Waals surface area contributed by atoms with E-state index in [0.717, 1.165) is 25.1 Å². The van der Waals surface area contributed by atoms with E-state index in [1.54, 1.807) is 24.3 Å². The van der Waals surface area contributed by atoms with Gasteiger partial charge in [0.2, 0.25) is 11.8 Å². The van der Waals surface area contributed by atoms with Crippen LogP contribution in [0.25, 0.3) is 0 Å². The second kappa shape index (κ2) is 11.4. The fraction of sp³-hybridized carbons (Fsp3) is 0.526. The van der Waals surface area contributed by atoms with Crippen LogP contribution in [-0.4, -0.2) is 44.0 Å². The predicted octanol–water partition coefficient (Wildman–Crippen LogP) is 2.14. The number of hydrogen-bond donors (Lipinski definition) is 4. The second-order valence-corrected chi connectivity index (χ2v) is 6.85. The minimum atomic E-state index is -0.0479. The molecule has 1 aromatic carbocycles. The molecule has 0 saturated heterocycles. The van der Waals surface area contributed by atoms with Crippen LogP contribution >= 0.6 is 11.6 Å². The summed E-state index contributed by atoms with van der Waals surface area (Å²) in [6.45, 7) is 4.46. The third-order valence-electron chi connectivity index (χ3n) is 3.97. The van der Waals surface area contributed by atoms with Crippen molar-refractivity contribution in [2.75, 3.05) is 31.5 Å². The van der Waals surface area contributed by atoms with E-state index < -0.39 is 0 Å². The average molecular weight is 394 g/mol. The number of nitrogens with one attached hydrogen (secondary N) is 4. The van der Waals surface area contributed by atoms with Crippen molar-refractivity contribution in [2.45, 2.75) is 32.6 Å². The normalized spacial score (nSPS) is 13.8. The van der Waals surface area contributed by atoms with Crippen molar-refractivity contribution in [1.29, 1.82) is 0 Å². The molecule has 1 fully saturated rings. The molecule has 0 atom stereocenters. The van der Waals surface area contributed by atoms with Crippen molar-refractivity contribution in [3.8, 4) is 0 Å². The monoisotopic (exact) mass is 393 g/mol. The Bertz CT molecular complexity index is 644. The molecule has 0 radical (unpaired) electrons.